The molecule has 10 heteroatoms. The van der Waals surface area contributed by atoms with Gasteiger partial charge in [-0.05, 0) is 30.7 Å². The van der Waals surface area contributed by atoms with Crippen LogP contribution in [-0.4, -0.2) is 23.9 Å². The van der Waals surface area contributed by atoms with Crippen LogP contribution < -0.4 is 5.32 Å². The van der Waals surface area contributed by atoms with Crippen molar-refractivity contribution in [3.63, 3.8) is 0 Å². The number of thiophene rings is 1. The van der Waals surface area contributed by atoms with Gasteiger partial charge in [0.15, 0.2) is 0 Å². The van der Waals surface area contributed by atoms with Gasteiger partial charge in [-0.1, -0.05) is 39.7 Å². The highest BCUT2D eigenvalue weighted by Crippen LogP contribution is 2.41. The SMILES string of the molecule is COC(=O)c1c(NC(=O)c2ccc([N+](=O)[O-])cc2Cl)sc(C)c1-c1ccc(Br)cc1. The van der Waals surface area contributed by atoms with Crippen molar-refractivity contribution in [1.29, 1.82) is 0 Å². The first-order valence-corrected chi connectivity index (χ1v) is 10.4. The van der Waals surface area contributed by atoms with Gasteiger partial charge in [-0.3, -0.25) is 14.9 Å². The number of carbonyl (C=O) groups is 2. The van der Waals surface area contributed by atoms with Crippen molar-refractivity contribution in [1.82, 2.24) is 0 Å². The van der Waals surface area contributed by atoms with Gasteiger partial charge in [0.1, 0.15) is 10.6 Å². The number of hydrogen-bond acceptors (Lipinski definition) is 6. The monoisotopic (exact) mass is 508 g/mol. The van der Waals surface area contributed by atoms with Crippen LogP contribution in [0.15, 0.2) is 46.9 Å². The molecule has 0 atom stereocenters. The number of benzene rings is 2. The van der Waals surface area contributed by atoms with E-state index >= 15 is 0 Å². The van der Waals surface area contributed by atoms with Crippen LogP contribution in [0.25, 0.3) is 11.1 Å². The van der Waals surface area contributed by atoms with Crippen LogP contribution in [0.4, 0.5) is 10.7 Å². The molecule has 0 aliphatic rings. The standard InChI is InChI=1S/C20H14BrClN2O5S/c1-10-16(11-3-5-12(21)6-4-11)17(20(26)29-2)19(30-10)23-18(25)14-8-7-13(24(27)28)9-15(14)22/h3-9H,1-2H3,(H,23,25). The van der Waals surface area contributed by atoms with Crippen molar-refractivity contribution in [2.75, 3.05) is 12.4 Å². The van der Waals surface area contributed by atoms with E-state index in [1.54, 1.807) is 0 Å². The quantitative estimate of drug-likeness (QED) is 0.255. The molecule has 2 aromatic carbocycles. The number of nitrogens with one attached hydrogen (secondary N) is 1. The summed E-state index contributed by atoms with van der Waals surface area (Å²) in [7, 11) is 1.26. The molecule has 1 N–H and O–H groups in total. The number of non-ortho nitro benzene ring substituents is 1. The second-order valence-corrected chi connectivity index (χ2v) is 8.66. The molecular weight excluding hydrogens is 496 g/mol. The lowest BCUT2D eigenvalue weighted by molar-refractivity contribution is -0.384. The number of nitro groups is 1. The van der Waals surface area contributed by atoms with Gasteiger partial charge < -0.3 is 10.1 Å². The van der Waals surface area contributed by atoms with Gasteiger partial charge in [0, 0.05) is 27.0 Å². The predicted octanol–water partition coefficient (Wildman–Crippen LogP) is 6.09. The van der Waals surface area contributed by atoms with E-state index in [0.29, 0.717) is 10.6 Å². The third kappa shape index (κ3) is 4.38. The Labute approximate surface area is 188 Å². The highest BCUT2D eigenvalue weighted by atomic mass is 79.9. The molecule has 3 rings (SSSR count). The summed E-state index contributed by atoms with van der Waals surface area (Å²) in [5, 5.41) is 13.8. The molecule has 30 heavy (non-hydrogen) atoms. The number of hydrogen-bond donors (Lipinski definition) is 1. The smallest absolute Gasteiger partial charge is 0.341 e. The van der Waals surface area contributed by atoms with Crippen LogP contribution >= 0.6 is 38.9 Å². The van der Waals surface area contributed by atoms with Crippen molar-refractivity contribution in [3.05, 3.63) is 78.1 Å². The van der Waals surface area contributed by atoms with E-state index in [-0.39, 0.29) is 21.8 Å². The van der Waals surface area contributed by atoms with Crippen molar-refractivity contribution < 1.29 is 19.2 Å². The summed E-state index contributed by atoms with van der Waals surface area (Å²) in [5.74, 6) is -1.19. The number of aryl methyl sites for hydroxylation is 1. The molecule has 0 saturated carbocycles. The van der Waals surface area contributed by atoms with Gasteiger partial charge in [-0.15, -0.1) is 11.3 Å². The van der Waals surface area contributed by atoms with Gasteiger partial charge in [-0.25, -0.2) is 4.79 Å². The topological polar surface area (TPSA) is 98.5 Å². The van der Waals surface area contributed by atoms with Crippen molar-refractivity contribution >= 4 is 61.4 Å². The summed E-state index contributed by atoms with van der Waals surface area (Å²) in [6.45, 7) is 1.84. The molecule has 0 aliphatic carbocycles. The van der Waals surface area contributed by atoms with Crippen LogP contribution in [0.3, 0.4) is 0 Å². The van der Waals surface area contributed by atoms with Gasteiger partial charge in [-0.2, -0.15) is 0 Å². The lowest BCUT2D eigenvalue weighted by Crippen LogP contribution is -2.14. The molecule has 1 amide bonds. The zero-order chi connectivity index (χ0) is 22.0. The molecular formula is C20H14BrClN2O5S. The van der Waals surface area contributed by atoms with Crippen LogP contribution in [0.1, 0.15) is 25.6 Å². The summed E-state index contributed by atoms with van der Waals surface area (Å²) >= 11 is 10.7. The number of halogens is 2. The highest BCUT2D eigenvalue weighted by molar-refractivity contribution is 9.10. The maximum absolute atomic E-state index is 12.8. The number of nitro benzene ring substituents is 1. The van der Waals surface area contributed by atoms with E-state index in [1.807, 2.05) is 31.2 Å². The third-order valence-corrected chi connectivity index (χ3v) is 6.10. The number of ether oxygens (including phenoxy) is 1. The second-order valence-electron chi connectivity index (χ2n) is 6.11. The minimum absolute atomic E-state index is 0.0503. The lowest BCUT2D eigenvalue weighted by Gasteiger charge is -2.09. The Morgan fingerprint density at radius 3 is 2.43 bits per heavy atom. The summed E-state index contributed by atoms with van der Waals surface area (Å²) in [5.41, 5.74) is 1.50. The summed E-state index contributed by atoms with van der Waals surface area (Å²) in [6, 6.07) is 11.0. The summed E-state index contributed by atoms with van der Waals surface area (Å²) in [6.07, 6.45) is 0. The molecule has 0 bridgehead atoms. The zero-order valence-corrected chi connectivity index (χ0v) is 18.9. The second kappa shape index (κ2) is 8.95. The molecule has 0 unspecified atom stereocenters. The minimum atomic E-state index is -0.601. The van der Waals surface area contributed by atoms with Crippen molar-refractivity contribution in [3.8, 4) is 11.1 Å². The Bertz CT molecular complexity index is 1160. The van der Waals surface area contributed by atoms with Crippen molar-refractivity contribution in [2.24, 2.45) is 0 Å². The number of esters is 1. The molecule has 0 saturated heterocycles. The third-order valence-electron chi connectivity index (χ3n) is 4.24. The molecule has 0 radical (unpaired) electrons. The molecule has 7 nitrogen and oxygen atoms in total. The van der Waals surface area contributed by atoms with Crippen LogP contribution in [0.2, 0.25) is 5.02 Å². The minimum Gasteiger partial charge on any atom is -0.465 e. The fraction of sp³-hybridized carbons (Fsp3) is 0.100. The maximum atomic E-state index is 12.8. The number of nitrogens with zero attached hydrogens (tertiary/aromatic N) is 1. The van der Waals surface area contributed by atoms with E-state index in [1.165, 1.54) is 30.6 Å². The molecule has 154 valence electrons. The van der Waals surface area contributed by atoms with Crippen molar-refractivity contribution in [2.45, 2.75) is 6.92 Å². The van der Waals surface area contributed by atoms with Gasteiger partial charge in [0.2, 0.25) is 0 Å². The number of rotatable bonds is 5. The maximum Gasteiger partial charge on any atom is 0.341 e. The van der Waals surface area contributed by atoms with Gasteiger partial charge in [0.05, 0.1) is 22.6 Å². The Morgan fingerprint density at radius 2 is 1.87 bits per heavy atom. The fourth-order valence-electron chi connectivity index (χ4n) is 2.87. The first-order valence-electron chi connectivity index (χ1n) is 8.45. The van der Waals surface area contributed by atoms with E-state index < -0.39 is 16.8 Å². The number of anilines is 1. The summed E-state index contributed by atoms with van der Waals surface area (Å²) < 4.78 is 5.82. The molecule has 0 spiro atoms. The number of amides is 1. The molecule has 0 fully saturated rings. The molecule has 1 heterocycles. The molecule has 0 aliphatic heterocycles. The highest BCUT2D eigenvalue weighted by Gasteiger charge is 2.26. The summed E-state index contributed by atoms with van der Waals surface area (Å²) in [4.78, 5) is 36.4. The Balaban J connectivity index is 2.03. The van der Waals surface area contributed by atoms with Crippen LogP contribution in [-0.2, 0) is 4.74 Å². The average Bonchev–Trinajstić information content (AvgIpc) is 3.03. The average molecular weight is 510 g/mol. The lowest BCUT2D eigenvalue weighted by atomic mass is 10.0. The molecule has 3 aromatic rings. The number of methoxy groups -OCH3 is 1. The Morgan fingerprint density at radius 1 is 1.20 bits per heavy atom. The van der Waals surface area contributed by atoms with E-state index in [0.717, 1.165) is 21.0 Å². The van der Waals surface area contributed by atoms with E-state index in [2.05, 4.69) is 21.2 Å². The Hall–Kier alpha value is -2.75. The zero-order valence-electron chi connectivity index (χ0n) is 15.7. The predicted molar refractivity (Wildman–Crippen MR) is 120 cm³/mol. The normalized spacial score (nSPS) is 10.5. The largest absolute Gasteiger partial charge is 0.465 e. The molecule has 1 aromatic heterocycles. The van der Waals surface area contributed by atoms with Crippen LogP contribution in [0.5, 0.6) is 0 Å². The fourth-order valence-corrected chi connectivity index (χ4v) is 4.45. The van der Waals surface area contributed by atoms with Crippen LogP contribution in [0, 0.1) is 17.0 Å². The Kier molecular flexibility index (Phi) is 6.55. The van der Waals surface area contributed by atoms with Gasteiger partial charge in [0.25, 0.3) is 11.6 Å². The van der Waals surface area contributed by atoms with E-state index in [4.69, 9.17) is 16.3 Å². The number of carbonyl (C=O) groups excluding carboxylic acids is 2. The first-order chi connectivity index (χ1) is 14.2. The van der Waals surface area contributed by atoms with Gasteiger partial charge >= 0.3 is 5.97 Å². The first kappa shape index (κ1) is 21.9. The van der Waals surface area contributed by atoms with E-state index in [9.17, 15) is 19.7 Å².